The molecule has 2 unspecified atom stereocenters. The molecule has 0 radical (unpaired) electrons. The number of rotatable bonds is 5. The number of carbonyl (C=O) groups excluding carboxylic acids is 1. The molecule has 2 atom stereocenters. The van der Waals surface area contributed by atoms with E-state index in [-0.39, 0.29) is 36.2 Å². The van der Waals surface area contributed by atoms with Crippen LogP contribution in [0.4, 0.5) is 13.2 Å². The fraction of sp³-hybridized carbons (Fsp3) is 0.333. The molecule has 3 rings (SSSR count). The molecule has 9 heteroatoms. The van der Waals surface area contributed by atoms with Crippen LogP contribution in [0, 0.1) is 0 Å². The Balaban J connectivity index is 1.68. The van der Waals surface area contributed by atoms with Crippen LogP contribution in [0.1, 0.15) is 24.5 Å². The molecule has 2 heterocycles. The summed E-state index contributed by atoms with van der Waals surface area (Å²) in [5.41, 5.74) is 5.62. The third-order valence-corrected chi connectivity index (χ3v) is 4.09. The maximum Gasteiger partial charge on any atom is 0.416 e. The lowest BCUT2D eigenvalue weighted by atomic mass is 10.1. The summed E-state index contributed by atoms with van der Waals surface area (Å²) >= 11 is 0. The second-order valence-corrected chi connectivity index (χ2v) is 6.29. The summed E-state index contributed by atoms with van der Waals surface area (Å²) in [5.74, 6) is -0.0182. The summed E-state index contributed by atoms with van der Waals surface area (Å²) in [6.07, 6.45) is -2.33. The molecule has 1 saturated heterocycles. The first kappa shape index (κ1) is 19.1. The van der Waals surface area contributed by atoms with Gasteiger partial charge in [0.2, 0.25) is 11.8 Å². The van der Waals surface area contributed by atoms with E-state index in [2.05, 4.69) is 21.2 Å². The molecule has 1 aromatic carbocycles. The average Bonchev–Trinajstić information content (AvgIpc) is 3.07. The van der Waals surface area contributed by atoms with Gasteiger partial charge in [-0.3, -0.25) is 10.2 Å². The van der Waals surface area contributed by atoms with Crippen LogP contribution in [0.3, 0.4) is 0 Å². The van der Waals surface area contributed by atoms with Crippen molar-refractivity contribution in [3.8, 4) is 11.6 Å². The molecule has 1 aliphatic heterocycles. The molecule has 144 valence electrons. The lowest BCUT2D eigenvalue weighted by Gasteiger charge is -2.14. The largest absolute Gasteiger partial charge is 0.439 e. The normalized spacial score (nSPS) is 19.7. The number of hydrogen-bond acceptors (Lipinski definition) is 5. The first-order valence-corrected chi connectivity index (χ1v) is 8.40. The summed E-state index contributed by atoms with van der Waals surface area (Å²) in [6.45, 7) is 2.11. The molecule has 27 heavy (non-hydrogen) atoms. The molecule has 1 aromatic heterocycles. The first-order valence-electron chi connectivity index (χ1n) is 8.40. The van der Waals surface area contributed by atoms with E-state index < -0.39 is 11.7 Å². The summed E-state index contributed by atoms with van der Waals surface area (Å²) < 4.78 is 44.1. The maximum atomic E-state index is 12.8. The van der Waals surface area contributed by atoms with Gasteiger partial charge in [-0.25, -0.2) is 10.4 Å². The second-order valence-electron chi connectivity index (χ2n) is 6.29. The van der Waals surface area contributed by atoms with Gasteiger partial charge in [0.05, 0.1) is 5.56 Å². The number of hydrogen-bond donors (Lipinski definition) is 3. The number of alkyl halides is 3. The molecule has 0 bridgehead atoms. The van der Waals surface area contributed by atoms with Gasteiger partial charge in [-0.05, 0) is 37.6 Å². The van der Waals surface area contributed by atoms with Gasteiger partial charge in [0.25, 0.3) is 0 Å². The van der Waals surface area contributed by atoms with Crippen molar-refractivity contribution in [1.82, 2.24) is 21.2 Å². The Morgan fingerprint density at radius 3 is 2.81 bits per heavy atom. The molecule has 1 amide bonds. The molecule has 0 aliphatic carbocycles. The lowest BCUT2D eigenvalue weighted by Crippen LogP contribution is -2.43. The number of ether oxygens (including phenoxy) is 1. The smallest absolute Gasteiger partial charge is 0.416 e. The molecule has 1 aliphatic rings. The molecule has 6 nitrogen and oxygen atoms in total. The van der Waals surface area contributed by atoms with Crippen molar-refractivity contribution in [2.24, 2.45) is 0 Å². The third-order valence-electron chi connectivity index (χ3n) is 4.09. The summed E-state index contributed by atoms with van der Waals surface area (Å²) in [4.78, 5) is 16.3. The van der Waals surface area contributed by atoms with Crippen molar-refractivity contribution in [2.75, 3.05) is 0 Å². The molecule has 0 saturated carbocycles. The topological polar surface area (TPSA) is 75.3 Å². The van der Waals surface area contributed by atoms with Crippen LogP contribution in [-0.4, -0.2) is 23.0 Å². The van der Waals surface area contributed by atoms with Gasteiger partial charge in [0.15, 0.2) is 0 Å². The fourth-order valence-corrected chi connectivity index (χ4v) is 2.69. The molecule has 3 N–H and O–H groups in total. The minimum atomic E-state index is -4.46. The van der Waals surface area contributed by atoms with Crippen LogP contribution in [0.5, 0.6) is 11.6 Å². The Hall–Kier alpha value is -2.65. The highest BCUT2D eigenvalue weighted by Gasteiger charge is 2.31. The van der Waals surface area contributed by atoms with E-state index in [1.54, 1.807) is 12.1 Å². The number of nitrogens with zero attached hydrogens (tertiary/aromatic N) is 1. The van der Waals surface area contributed by atoms with Crippen LogP contribution >= 0.6 is 0 Å². The Morgan fingerprint density at radius 2 is 2.11 bits per heavy atom. The minimum Gasteiger partial charge on any atom is -0.439 e. The fourth-order valence-electron chi connectivity index (χ4n) is 2.69. The summed E-state index contributed by atoms with van der Waals surface area (Å²) in [5, 5.41) is 2.78. The number of amides is 1. The summed E-state index contributed by atoms with van der Waals surface area (Å²) in [7, 11) is 0. The zero-order valence-electron chi connectivity index (χ0n) is 14.5. The second kappa shape index (κ2) is 7.93. The van der Waals surface area contributed by atoms with E-state index in [0.29, 0.717) is 12.0 Å². The van der Waals surface area contributed by atoms with Gasteiger partial charge in [-0.2, -0.15) is 13.2 Å². The number of benzene rings is 1. The van der Waals surface area contributed by atoms with Crippen LogP contribution in [0.25, 0.3) is 0 Å². The Labute approximate surface area is 154 Å². The number of halogens is 3. The van der Waals surface area contributed by atoms with Crippen molar-refractivity contribution in [2.45, 2.75) is 38.1 Å². The van der Waals surface area contributed by atoms with E-state index in [4.69, 9.17) is 4.74 Å². The highest BCUT2D eigenvalue weighted by atomic mass is 19.4. The van der Waals surface area contributed by atoms with Crippen LogP contribution in [-0.2, 0) is 17.5 Å². The number of pyridine rings is 1. The predicted molar refractivity (Wildman–Crippen MR) is 91.7 cm³/mol. The number of hydrazine groups is 1. The SMILES string of the molecule is CC1CC(C(=O)NCc2cccnc2Oc2cccc(C(F)(F)F)c2)NN1. The zero-order valence-corrected chi connectivity index (χ0v) is 14.5. The average molecular weight is 380 g/mol. The van der Waals surface area contributed by atoms with E-state index in [0.717, 1.165) is 12.1 Å². The Morgan fingerprint density at radius 1 is 1.30 bits per heavy atom. The molecular formula is C18H19F3N4O2. The molecule has 2 aromatic rings. The monoisotopic (exact) mass is 380 g/mol. The number of carbonyl (C=O) groups is 1. The highest BCUT2D eigenvalue weighted by Crippen LogP contribution is 2.32. The van der Waals surface area contributed by atoms with Gasteiger partial charge in [0.1, 0.15) is 11.8 Å². The number of nitrogens with one attached hydrogen (secondary N) is 3. The third kappa shape index (κ3) is 4.95. The van der Waals surface area contributed by atoms with Crippen molar-refractivity contribution in [3.05, 3.63) is 53.7 Å². The van der Waals surface area contributed by atoms with E-state index in [9.17, 15) is 18.0 Å². The van der Waals surface area contributed by atoms with Gasteiger partial charge >= 0.3 is 6.18 Å². The van der Waals surface area contributed by atoms with Crippen LogP contribution < -0.4 is 20.9 Å². The molecular weight excluding hydrogens is 361 g/mol. The van der Waals surface area contributed by atoms with Crippen molar-refractivity contribution in [3.63, 3.8) is 0 Å². The van der Waals surface area contributed by atoms with Crippen LogP contribution in [0.2, 0.25) is 0 Å². The van der Waals surface area contributed by atoms with Crippen molar-refractivity contribution >= 4 is 5.91 Å². The molecule has 0 spiro atoms. The highest BCUT2D eigenvalue weighted by molar-refractivity contribution is 5.82. The quantitative estimate of drug-likeness (QED) is 0.744. The number of aromatic nitrogens is 1. The van der Waals surface area contributed by atoms with Gasteiger partial charge in [0, 0.05) is 24.3 Å². The van der Waals surface area contributed by atoms with Gasteiger partial charge in [-0.1, -0.05) is 12.1 Å². The molecule has 1 fully saturated rings. The minimum absolute atomic E-state index is 0.0200. The predicted octanol–water partition coefficient (Wildman–Crippen LogP) is 2.76. The van der Waals surface area contributed by atoms with E-state index >= 15 is 0 Å². The van der Waals surface area contributed by atoms with Crippen molar-refractivity contribution < 1.29 is 22.7 Å². The summed E-state index contributed by atoms with van der Waals surface area (Å²) in [6, 6.07) is 7.77. The van der Waals surface area contributed by atoms with E-state index in [1.165, 1.54) is 18.3 Å². The van der Waals surface area contributed by atoms with Crippen molar-refractivity contribution in [1.29, 1.82) is 0 Å². The Bertz CT molecular complexity index is 813. The lowest BCUT2D eigenvalue weighted by molar-refractivity contribution is -0.137. The Kier molecular flexibility index (Phi) is 5.62. The zero-order chi connectivity index (χ0) is 19.4. The van der Waals surface area contributed by atoms with Gasteiger partial charge in [-0.15, -0.1) is 0 Å². The standard InChI is InChI=1S/C18H19F3N4O2/c1-11-8-15(25-24-11)16(26)23-10-12-4-3-7-22-17(12)27-14-6-2-5-13(9-14)18(19,20)21/h2-7,9,11,15,24-25H,8,10H2,1H3,(H,23,26). The van der Waals surface area contributed by atoms with Crippen LogP contribution in [0.15, 0.2) is 42.6 Å². The van der Waals surface area contributed by atoms with E-state index in [1.807, 2.05) is 6.92 Å². The first-order chi connectivity index (χ1) is 12.8. The van der Waals surface area contributed by atoms with Gasteiger partial charge < -0.3 is 10.1 Å². The maximum absolute atomic E-state index is 12.8.